The van der Waals surface area contributed by atoms with E-state index < -0.39 is 19.5 Å². The molecule has 0 aromatic heterocycles. The molecule has 13 heteroatoms. The first kappa shape index (κ1) is 31.6. The van der Waals surface area contributed by atoms with Gasteiger partial charge in [-0.3, -0.25) is 4.79 Å². The maximum Gasteiger partial charge on any atom is 0.319 e. The first-order chi connectivity index (χ1) is 7.18. The zero-order valence-corrected chi connectivity index (χ0v) is 12.0. The van der Waals surface area contributed by atoms with Crippen LogP contribution in [0.2, 0.25) is 0 Å². The lowest BCUT2D eigenvalue weighted by Gasteiger charge is -1.92. The predicted molar refractivity (Wildman–Crippen MR) is 83.6 cm³/mol. The molecule has 1 unspecified atom stereocenters. The predicted octanol–water partition coefficient (Wildman–Crippen LogP) is -0.791. The van der Waals surface area contributed by atoms with E-state index in [0.29, 0.717) is 0 Å². The van der Waals surface area contributed by atoms with Gasteiger partial charge in [0.15, 0.2) is 0 Å². The van der Waals surface area contributed by atoms with Crippen molar-refractivity contribution in [3.05, 3.63) is 0 Å². The number of carbonyl (C=O) groups excluding carboxylic acids is 1. The molecule has 120 valence electrons. The van der Waals surface area contributed by atoms with Crippen LogP contribution >= 0.6 is 13.4 Å². The van der Waals surface area contributed by atoms with Crippen LogP contribution in [-0.4, -0.2) is 48.0 Å². The fraction of sp³-hybridized carbons (Fsp3) is 0.667. The normalized spacial score (nSPS) is 10.9. The molecule has 0 bridgehead atoms. The van der Waals surface area contributed by atoms with E-state index in [1.165, 1.54) is 0 Å². The summed E-state index contributed by atoms with van der Waals surface area (Å²) < 4.78 is 0. The van der Waals surface area contributed by atoms with E-state index in [-0.39, 0.29) is 20.8 Å². The topological polar surface area (TPSA) is 177 Å². The molecule has 0 aliphatic rings. The van der Waals surface area contributed by atoms with Gasteiger partial charge in [-0.05, 0) is 37.3 Å². The molecule has 0 aliphatic heterocycles. The third-order valence-electron chi connectivity index (χ3n) is 0.545. The number of nitrogens with zero attached hydrogens (tertiary/aromatic N) is 1. The maximum atomic E-state index is 10.2. The summed E-state index contributed by atoms with van der Waals surface area (Å²) in [6.45, 7) is -3.04. The maximum absolute atomic E-state index is 10.2. The Bertz CT molecular complexity index is 291. The van der Waals surface area contributed by atoms with E-state index >= 15 is 0 Å². The van der Waals surface area contributed by atoms with Crippen molar-refractivity contribution in [2.24, 2.45) is 10.7 Å². The Hall–Kier alpha value is 0.360. The molecule has 1 atom stereocenters. The van der Waals surface area contributed by atoms with Crippen LogP contribution in [0, 0.1) is 0 Å². The largest absolute Gasteiger partial charge is 0.325 e. The van der Waals surface area contributed by atoms with Crippen molar-refractivity contribution >= 4 is 49.7 Å². The summed E-state index contributed by atoms with van der Waals surface area (Å²) in [4.78, 5) is 58.6. The molecule has 0 saturated carbocycles. The summed E-state index contributed by atoms with van der Waals surface area (Å²) in [6, 6.07) is -0.502. The molecule has 0 fully saturated rings. The van der Waals surface area contributed by atoms with Gasteiger partial charge >= 0.3 is 13.4 Å². The summed E-state index contributed by atoms with van der Waals surface area (Å²) in [5, 5.41) is 0. The molecule has 0 aliphatic carbocycles. The second kappa shape index (κ2) is 14.8. The van der Waals surface area contributed by atoms with Crippen molar-refractivity contribution in [1.29, 1.82) is 0 Å². The van der Waals surface area contributed by atoms with Gasteiger partial charge in [0.05, 0.1) is 6.04 Å². The SMILES string of the molecule is C.C.C=NC(=O)C(C)N.OP(O)(O)=S.OP(O)(O)=S. The summed E-state index contributed by atoms with van der Waals surface area (Å²) >= 11 is 7.21. The number of aliphatic imine (C=N–C) groups is 1. The van der Waals surface area contributed by atoms with E-state index in [2.05, 4.69) is 35.3 Å². The highest BCUT2D eigenvalue weighted by Gasteiger charge is 2.00. The molecular formula is C6H22N2O7P2S2. The number of nitrogens with two attached hydrogens (primary N) is 1. The third-order valence-corrected chi connectivity index (χ3v) is 0.545. The minimum Gasteiger partial charge on any atom is -0.325 e. The molecule has 0 radical (unpaired) electrons. The molecule has 1 amide bonds. The summed E-state index contributed by atoms with van der Waals surface area (Å²) in [5.74, 6) is -0.361. The average molecular weight is 360 g/mol. The van der Waals surface area contributed by atoms with Crippen LogP contribution in [0.3, 0.4) is 0 Å². The van der Waals surface area contributed by atoms with Crippen LogP contribution in [0.5, 0.6) is 0 Å². The zero-order chi connectivity index (χ0) is 14.9. The molecule has 8 N–H and O–H groups in total. The fourth-order valence-corrected chi connectivity index (χ4v) is 0.144. The first-order valence-corrected chi connectivity index (χ1v) is 8.83. The van der Waals surface area contributed by atoms with Gasteiger partial charge in [0.1, 0.15) is 0 Å². The molecule has 9 nitrogen and oxygen atoms in total. The lowest BCUT2D eigenvalue weighted by molar-refractivity contribution is -0.118. The van der Waals surface area contributed by atoms with Gasteiger partial charge in [-0.2, -0.15) is 0 Å². The van der Waals surface area contributed by atoms with Gasteiger partial charge in [0.2, 0.25) is 0 Å². The molecule has 0 spiro atoms. The van der Waals surface area contributed by atoms with Gasteiger partial charge < -0.3 is 35.1 Å². The highest BCUT2D eigenvalue weighted by molar-refractivity contribution is 8.06. The fourth-order valence-electron chi connectivity index (χ4n) is 0.144. The second-order valence-electron chi connectivity index (χ2n) is 2.31. The smallest absolute Gasteiger partial charge is 0.319 e. The number of hydrogen-bond donors (Lipinski definition) is 7. The van der Waals surface area contributed by atoms with Gasteiger partial charge in [0.25, 0.3) is 5.91 Å². The molecule has 0 rings (SSSR count). The Labute approximate surface area is 123 Å². The van der Waals surface area contributed by atoms with Crippen LogP contribution in [0.15, 0.2) is 4.99 Å². The number of rotatable bonds is 1. The Kier molecular flexibility index (Phi) is 24.6. The zero-order valence-electron chi connectivity index (χ0n) is 8.61. The van der Waals surface area contributed by atoms with Crippen LogP contribution in [-0.2, 0) is 28.4 Å². The van der Waals surface area contributed by atoms with Crippen molar-refractivity contribution < 1.29 is 34.2 Å². The van der Waals surface area contributed by atoms with Gasteiger partial charge in [-0.1, -0.05) is 14.9 Å². The van der Waals surface area contributed by atoms with E-state index in [0.717, 1.165) is 0 Å². The van der Waals surface area contributed by atoms with Gasteiger partial charge in [-0.15, -0.1) is 0 Å². The molecule has 0 aromatic rings. The van der Waals surface area contributed by atoms with E-state index in [9.17, 15) is 4.79 Å². The monoisotopic (exact) mass is 360 g/mol. The van der Waals surface area contributed by atoms with E-state index in [4.69, 9.17) is 35.1 Å². The Morgan fingerprint density at radius 3 is 1.26 bits per heavy atom. The molecule has 0 aromatic carbocycles. The first-order valence-electron chi connectivity index (χ1n) is 3.51. The highest BCUT2D eigenvalue weighted by Crippen LogP contribution is 2.26. The van der Waals surface area contributed by atoms with Crippen molar-refractivity contribution in [2.45, 2.75) is 27.8 Å². The summed E-state index contributed by atoms with van der Waals surface area (Å²) in [5.41, 5.74) is 5.06. The lowest BCUT2D eigenvalue weighted by atomic mass is 10.4. The Morgan fingerprint density at radius 2 is 1.26 bits per heavy atom. The van der Waals surface area contributed by atoms with Crippen LogP contribution in [0.1, 0.15) is 21.8 Å². The standard InChI is InChI=1S/C4H8N2O.2CH4.2H3O3PS/c1-3(5)4(7)6-2;;;2*1-4(2,3)5/h3H,2,5H2,1H3;2*1H4;2*(H3,1,2,3,5). The van der Waals surface area contributed by atoms with Crippen LogP contribution in [0.4, 0.5) is 0 Å². The van der Waals surface area contributed by atoms with Crippen molar-refractivity contribution in [1.82, 2.24) is 0 Å². The van der Waals surface area contributed by atoms with Crippen molar-refractivity contribution in [3.63, 3.8) is 0 Å². The molecule has 0 heterocycles. The van der Waals surface area contributed by atoms with Crippen LogP contribution in [0.25, 0.3) is 0 Å². The Morgan fingerprint density at radius 1 is 1.11 bits per heavy atom. The Balaban J connectivity index is -0.0000000500. The van der Waals surface area contributed by atoms with E-state index in [1.807, 2.05) is 0 Å². The average Bonchev–Trinajstić information content (AvgIpc) is 1.96. The molecular weight excluding hydrogens is 338 g/mol. The third kappa shape index (κ3) is 121. The van der Waals surface area contributed by atoms with Gasteiger partial charge in [-0.25, -0.2) is 4.99 Å². The van der Waals surface area contributed by atoms with Crippen molar-refractivity contribution in [2.75, 3.05) is 0 Å². The number of carbonyl (C=O) groups is 1. The van der Waals surface area contributed by atoms with Gasteiger partial charge in [0, 0.05) is 0 Å². The molecule has 19 heavy (non-hydrogen) atoms. The minimum absolute atomic E-state index is 0. The number of amides is 1. The van der Waals surface area contributed by atoms with E-state index in [1.54, 1.807) is 6.92 Å². The molecule has 0 saturated heterocycles. The number of hydrogen-bond acceptors (Lipinski definition) is 4. The minimum atomic E-state index is -3.81. The summed E-state index contributed by atoms with van der Waals surface area (Å²) in [7, 11) is 0. The lowest BCUT2D eigenvalue weighted by Crippen LogP contribution is -2.24. The summed E-state index contributed by atoms with van der Waals surface area (Å²) in [6.07, 6.45) is 0. The highest BCUT2D eigenvalue weighted by atomic mass is 32.5. The quantitative estimate of drug-likeness (QED) is 0.231. The second-order valence-corrected chi connectivity index (χ2v) is 7.30. The van der Waals surface area contributed by atoms with Crippen LogP contribution < -0.4 is 5.73 Å². The van der Waals surface area contributed by atoms with Crippen molar-refractivity contribution in [3.8, 4) is 0 Å².